The van der Waals surface area contributed by atoms with Crippen LogP contribution in [0.2, 0.25) is 0 Å². The Morgan fingerprint density at radius 2 is 2.31 bits per heavy atom. The monoisotopic (exact) mass is 287 g/mol. The Balaban J connectivity index is 2.93. The molecule has 1 N–H and O–H groups in total. The van der Waals surface area contributed by atoms with E-state index in [1.165, 1.54) is 12.1 Å². The van der Waals surface area contributed by atoms with Crippen molar-refractivity contribution in [3.05, 3.63) is 40.6 Å². The van der Waals surface area contributed by atoms with Gasteiger partial charge in [-0.15, -0.1) is 0 Å². The summed E-state index contributed by atoms with van der Waals surface area (Å²) in [6, 6.07) is 4.54. The Kier molecular flexibility index (Phi) is 4.96. The second-order valence-electron chi connectivity index (χ2n) is 3.50. The van der Waals surface area contributed by atoms with Crippen LogP contribution in [0.4, 0.5) is 4.39 Å². The average Bonchev–Trinajstić information content (AvgIpc) is 2.26. The van der Waals surface area contributed by atoms with Crippen LogP contribution in [-0.4, -0.2) is 13.7 Å². The fraction of sp³-hybridized carbons (Fsp3) is 0.333. The molecule has 1 aromatic carbocycles. The van der Waals surface area contributed by atoms with E-state index in [-0.39, 0.29) is 11.9 Å². The maximum Gasteiger partial charge on any atom is 0.124 e. The van der Waals surface area contributed by atoms with Crippen LogP contribution < -0.4 is 10.1 Å². The van der Waals surface area contributed by atoms with Gasteiger partial charge in [0.2, 0.25) is 0 Å². The molecule has 1 aromatic rings. The van der Waals surface area contributed by atoms with E-state index in [2.05, 4.69) is 27.8 Å². The zero-order valence-electron chi connectivity index (χ0n) is 9.39. The van der Waals surface area contributed by atoms with Crippen molar-refractivity contribution < 1.29 is 9.13 Å². The molecule has 0 saturated carbocycles. The van der Waals surface area contributed by atoms with E-state index in [1.54, 1.807) is 6.07 Å². The van der Waals surface area contributed by atoms with E-state index in [0.29, 0.717) is 12.4 Å². The molecule has 2 nitrogen and oxygen atoms in total. The van der Waals surface area contributed by atoms with Crippen LogP contribution in [0.3, 0.4) is 0 Å². The maximum atomic E-state index is 13.1. The van der Waals surface area contributed by atoms with Crippen LogP contribution >= 0.6 is 15.9 Å². The van der Waals surface area contributed by atoms with Crippen molar-refractivity contribution in [2.24, 2.45) is 0 Å². The summed E-state index contributed by atoms with van der Waals surface area (Å²) in [6.45, 7) is 6.00. The number of hydrogen-bond acceptors (Lipinski definition) is 2. The van der Waals surface area contributed by atoms with E-state index in [9.17, 15) is 4.39 Å². The second-order valence-corrected chi connectivity index (χ2v) is 4.62. The predicted molar refractivity (Wildman–Crippen MR) is 67.4 cm³/mol. The molecule has 1 rings (SSSR count). The molecule has 0 radical (unpaired) electrons. The minimum atomic E-state index is -0.262. The molecular weight excluding hydrogens is 273 g/mol. The second kappa shape index (κ2) is 6.01. The normalized spacial score (nSPS) is 12.2. The first-order valence-corrected chi connectivity index (χ1v) is 5.76. The van der Waals surface area contributed by atoms with Crippen molar-refractivity contribution in [3.63, 3.8) is 0 Å². The molecule has 0 amide bonds. The SMILES string of the molecule is C=C(Br)COc1ccc(F)cc1C(C)NC. The first-order chi connectivity index (χ1) is 7.54. The van der Waals surface area contributed by atoms with Gasteiger partial charge in [0.1, 0.15) is 18.2 Å². The van der Waals surface area contributed by atoms with Gasteiger partial charge < -0.3 is 10.1 Å². The van der Waals surface area contributed by atoms with Crippen molar-refractivity contribution in [1.29, 1.82) is 0 Å². The highest BCUT2D eigenvalue weighted by Gasteiger charge is 2.11. The third kappa shape index (κ3) is 3.61. The zero-order chi connectivity index (χ0) is 12.1. The summed E-state index contributed by atoms with van der Waals surface area (Å²) >= 11 is 3.22. The van der Waals surface area contributed by atoms with Crippen molar-refractivity contribution in [2.75, 3.05) is 13.7 Å². The van der Waals surface area contributed by atoms with Gasteiger partial charge in [-0.05, 0) is 32.2 Å². The molecule has 0 aliphatic heterocycles. The van der Waals surface area contributed by atoms with Crippen LogP contribution in [0, 0.1) is 5.82 Å². The molecule has 0 aromatic heterocycles. The van der Waals surface area contributed by atoms with Gasteiger partial charge in [0.25, 0.3) is 0 Å². The smallest absolute Gasteiger partial charge is 0.124 e. The fourth-order valence-corrected chi connectivity index (χ4v) is 1.42. The lowest BCUT2D eigenvalue weighted by Gasteiger charge is -2.16. The zero-order valence-corrected chi connectivity index (χ0v) is 11.0. The summed E-state index contributed by atoms with van der Waals surface area (Å²) in [5.41, 5.74) is 0.802. The Morgan fingerprint density at radius 1 is 1.62 bits per heavy atom. The largest absolute Gasteiger partial charge is 0.488 e. The van der Waals surface area contributed by atoms with Crippen molar-refractivity contribution in [1.82, 2.24) is 5.32 Å². The number of halogens is 2. The summed E-state index contributed by atoms with van der Waals surface area (Å²) in [5, 5.41) is 3.06. The Morgan fingerprint density at radius 3 is 2.88 bits per heavy atom. The van der Waals surface area contributed by atoms with Crippen LogP contribution in [0.25, 0.3) is 0 Å². The molecule has 16 heavy (non-hydrogen) atoms. The lowest BCUT2D eigenvalue weighted by Crippen LogP contribution is -2.14. The maximum absolute atomic E-state index is 13.1. The van der Waals surface area contributed by atoms with E-state index in [1.807, 2.05) is 14.0 Å². The highest BCUT2D eigenvalue weighted by atomic mass is 79.9. The average molecular weight is 288 g/mol. The molecule has 4 heteroatoms. The third-order valence-corrected chi connectivity index (χ3v) is 2.48. The number of rotatable bonds is 5. The van der Waals surface area contributed by atoms with Gasteiger partial charge in [-0.2, -0.15) is 0 Å². The van der Waals surface area contributed by atoms with Gasteiger partial charge in [-0.3, -0.25) is 0 Å². The lowest BCUT2D eigenvalue weighted by molar-refractivity contribution is 0.352. The number of benzene rings is 1. The van der Waals surface area contributed by atoms with Crippen molar-refractivity contribution in [3.8, 4) is 5.75 Å². The Bertz CT molecular complexity index is 381. The van der Waals surface area contributed by atoms with Crippen LogP contribution in [-0.2, 0) is 0 Å². The van der Waals surface area contributed by atoms with Gasteiger partial charge in [0.15, 0.2) is 0 Å². The Labute approximate surface area is 104 Å². The molecule has 0 aliphatic carbocycles. The summed E-state index contributed by atoms with van der Waals surface area (Å²) in [7, 11) is 1.82. The minimum Gasteiger partial charge on any atom is -0.488 e. The van der Waals surface area contributed by atoms with E-state index in [0.717, 1.165) is 10.0 Å². The standard InChI is InChI=1S/C12H15BrFNO/c1-8(13)7-16-12-5-4-10(14)6-11(12)9(2)15-3/h4-6,9,15H,1,7H2,2-3H3. The summed E-state index contributed by atoms with van der Waals surface area (Å²) in [4.78, 5) is 0. The van der Waals surface area contributed by atoms with Gasteiger partial charge >= 0.3 is 0 Å². The minimum absolute atomic E-state index is 0.0364. The summed E-state index contributed by atoms with van der Waals surface area (Å²) in [6.07, 6.45) is 0. The number of ether oxygens (including phenoxy) is 1. The van der Waals surface area contributed by atoms with Crippen molar-refractivity contribution in [2.45, 2.75) is 13.0 Å². The molecule has 0 heterocycles. The fourth-order valence-electron chi connectivity index (χ4n) is 1.30. The first kappa shape index (κ1) is 13.2. The molecule has 0 aliphatic rings. The highest BCUT2D eigenvalue weighted by Crippen LogP contribution is 2.26. The van der Waals surface area contributed by atoms with Gasteiger partial charge in [0, 0.05) is 16.1 Å². The van der Waals surface area contributed by atoms with E-state index < -0.39 is 0 Å². The van der Waals surface area contributed by atoms with Crippen LogP contribution in [0.1, 0.15) is 18.5 Å². The molecule has 0 bridgehead atoms. The topological polar surface area (TPSA) is 21.3 Å². The van der Waals surface area contributed by atoms with Crippen molar-refractivity contribution >= 4 is 15.9 Å². The molecule has 1 unspecified atom stereocenters. The molecular formula is C12H15BrFNO. The lowest BCUT2D eigenvalue weighted by atomic mass is 10.1. The molecule has 0 spiro atoms. The number of hydrogen-bond donors (Lipinski definition) is 1. The van der Waals surface area contributed by atoms with Gasteiger partial charge in [-0.1, -0.05) is 22.5 Å². The summed E-state index contributed by atoms with van der Waals surface area (Å²) < 4.78 is 19.4. The Hall–Kier alpha value is -0.870. The van der Waals surface area contributed by atoms with Gasteiger partial charge in [0.05, 0.1) is 0 Å². The van der Waals surface area contributed by atoms with Crippen LogP contribution in [0.5, 0.6) is 5.75 Å². The highest BCUT2D eigenvalue weighted by molar-refractivity contribution is 9.11. The summed E-state index contributed by atoms with van der Waals surface area (Å²) in [5.74, 6) is 0.408. The van der Waals surface area contributed by atoms with E-state index in [4.69, 9.17) is 4.74 Å². The molecule has 0 fully saturated rings. The predicted octanol–water partition coefficient (Wildman–Crippen LogP) is 3.39. The van der Waals surface area contributed by atoms with E-state index >= 15 is 0 Å². The molecule has 0 saturated heterocycles. The first-order valence-electron chi connectivity index (χ1n) is 4.97. The molecule has 88 valence electrons. The number of nitrogens with one attached hydrogen (secondary N) is 1. The molecule has 1 atom stereocenters. The van der Waals surface area contributed by atoms with Gasteiger partial charge in [-0.25, -0.2) is 4.39 Å². The quantitative estimate of drug-likeness (QED) is 0.896. The van der Waals surface area contributed by atoms with Crippen LogP contribution in [0.15, 0.2) is 29.3 Å². The third-order valence-electron chi connectivity index (χ3n) is 2.26.